The van der Waals surface area contributed by atoms with Crippen LogP contribution in [0.4, 0.5) is 11.4 Å². The van der Waals surface area contributed by atoms with Crippen LogP contribution in [-0.2, 0) is 19.1 Å². The number of rotatable bonds is 15. The molecule has 3 aromatic rings. The molecule has 0 aromatic heterocycles. The molecule has 0 radical (unpaired) electrons. The van der Waals surface area contributed by atoms with E-state index in [1.807, 2.05) is 80.6 Å². The minimum Gasteiger partial charge on any atom is -0.494 e. The number of ether oxygens (including phenoxy) is 2. The number of likely N-dealkylation sites (tertiary alicyclic amines) is 1. The molecule has 3 aliphatic heterocycles. The van der Waals surface area contributed by atoms with Crippen molar-refractivity contribution < 1.29 is 29.0 Å². The smallest absolute Gasteiger partial charge is 0.253 e. The molecule has 1 spiro atoms. The average Bonchev–Trinajstić information content (AvgIpc) is 3.68. The monoisotopic (exact) mass is 665 g/mol. The van der Waals surface area contributed by atoms with Gasteiger partial charge in [0.15, 0.2) is 0 Å². The molecule has 3 aliphatic rings. The number of hydrogen-bond donors (Lipinski definition) is 1. The second kappa shape index (κ2) is 14.2. The van der Waals surface area contributed by atoms with Gasteiger partial charge in [-0.3, -0.25) is 14.4 Å². The van der Waals surface area contributed by atoms with Crippen LogP contribution in [-0.4, -0.2) is 77.8 Å². The number of carbonyl (C=O) groups is 3. The third kappa shape index (κ3) is 6.04. The molecule has 5 atom stereocenters. The zero-order valence-corrected chi connectivity index (χ0v) is 28.6. The molecule has 0 saturated carbocycles. The SMILES string of the molecule is C=CCN(C(=O)C1N(CCCCCO)C(=O)[C@@H]2[C@H](C(=O)N(CC=C)c3ccc(OCC)cc3)[C@]3(C)CCC12O3)c1ccc2ccccc2c1. The predicted octanol–water partition coefficient (Wildman–Crippen LogP) is 5.90. The standard InChI is InChI=1S/C40H47N3O6/c1-5-23-41(30-17-19-32(20-18-30)48-7-3)36(45)33-34-37(46)43(25-11-8-12-26-44)35(40(34)22-21-39(33,4)49-40)38(47)42(24-6-2)31-16-15-28-13-9-10-14-29(28)27-31/h5-6,9-10,13-20,27,33-35,44H,1-2,7-8,11-12,21-26H2,3-4H3/t33-,34+,35?,39+,40?/m1/s1. The van der Waals surface area contributed by atoms with Gasteiger partial charge in [-0.2, -0.15) is 0 Å². The van der Waals surface area contributed by atoms with Gasteiger partial charge in [-0.05, 0) is 93.1 Å². The first kappa shape index (κ1) is 34.4. The van der Waals surface area contributed by atoms with E-state index in [1.165, 1.54) is 0 Å². The van der Waals surface area contributed by atoms with Crippen LogP contribution in [0, 0.1) is 11.8 Å². The third-order valence-corrected chi connectivity index (χ3v) is 10.5. The molecule has 3 amide bonds. The molecular formula is C40H47N3O6. The molecule has 6 rings (SSSR count). The van der Waals surface area contributed by atoms with Crippen molar-refractivity contribution in [1.82, 2.24) is 4.90 Å². The Labute approximate surface area is 288 Å². The number of benzene rings is 3. The largest absolute Gasteiger partial charge is 0.494 e. The van der Waals surface area contributed by atoms with Crippen molar-refractivity contribution in [2.24, 2.45) is 11.8 Å². The minimum absolute atomic E-state index is 0.0562. The van der Waals surface area contributed by atoms with Crippen molar-refractivity contribution in [1.29, 1.82) is 0 Å². The Balaban J connectivity index is 1.40. The maximum absolute atomic E-state index is 15.0. The summed E-state index contributed by atoms with van der Waals surface area (Å²) in [6.45, 7) is 13.1. The lowest BCUT2D eigenvalue weighted by Gasteiger charge is -2.37. The molecule has 2 bridgehead atoms. The Bertz CT molecular complexity index is 1720. The molecule has 3 heterocycles. The summed E-state index contributed by atoms with van der Waals surface area (Å²) in [6, 6.07) is 20.3. The molecular weight excluding hydrogens is 618 g/mol. The maximum Gasteiger partial charge on any atom is 0.253 e. The van der Waals surface area contributed by atoms with Crippen LogP contribution in [0.1, 0.15) is 46.0 Å². The zero-order valence-electron chi connectivity index (χ0n) is 28.6. The fourth-order valence-electron chi connectivity index (χ4n) is 8.34. The van der Waals surface area contributed by atoms with E-state index in [0.29, 0.717) is 62.4 Å². The number of anilines is 2. The van der Waals surface area contributed by atoms with Gasteiger partial charge in [-0.15, -0.1) is 13.2 Å². The van der Waals surface area contributed by atoms with Crippen molar-refractivity contribution in [3.05, 3.63) is 92.0 Å². The quantitative estimate of drug-likeness (QED) is 0.160. The molecule has 3 aromatic carbocycles. The fraction of sp³-hybridized carbons (Fsp3) is 0.425. The van der Waals surface area contributed by atoms with Crippen LogP contribution in [0.15, 0.2) is 92.0 Å². The van der Waals surface area contributed by atoms with Gasteiger partial charge in [-0.1, -0.05) is 42.5 Å². The summed E-state index contributed by atoms with van der Waals surface area (Å²) in [7, 11) is 0. The van der Waals surface area contributed by atoms with Gasteiger partial charge in [0.2, 0.25) is 11.8 Å². The van der Waals surface area contributed by atoms with Crippen LogP contribution < -0.4 is 14.5 Å². The molecule has 2 unspecified atom stereocenters. The van der Waals surface area contributed by atoms with Gasteiger partial charge < -0.3 is 29.3 Å². The Kier molecular flexibility index (Phi) is 9.95. The topological polar surface area (TPSA) is 99.6 Å². The van der Waals surface area contributed by atoms with Gasteiger partial charge >= 0.3 is 0 Å². The Morgan fingerprint density at radius 3 is 2.29 bits per heavy atom. The molecule has 0 aliphatic carbocycles. The summed E-state index contributed by atoms with van der Waals surface area (Å²) in [5.74, 6) is -1.64. The minimum atomic E-state index is -1.17. The maximum atomic E-state index is 15.0. The molecule has 3 saturated heterocycles. The number of carbonyl (C=O) groups excluding carboxylic acids is 3. The predicted molar refractivity (Wildman–Crippen MR) is 192 cm³/mol. The van der Waals surface area contributed by atoms with Gasteiger partial charge in [0.1, 0.15) is 17.4 Å². The highest BCUT2D eigenvalue weighted by Crippen LogP contribution is 2.63. The highest BCUT2D eigenvalue weighted by molar-refractivity contribution is 6.07. The van der Waals surface area contributed by atoms with Crippen LogP contribution in [0.25, 0.3) is 10.8 Å². The lowest BCUT2D eigenvalue weighted by molar-refractivity contribution is -0.144. The van der Waals surface area contributed by atoms with E-state index < -0.39 is 29.1 Å². The fourth-order valence-corrected chi connectivity index (χ4v) is 8.34. The third-order valence-electron chi connectivity index (χ3n) is 10.5. The molecule has 49 heavy (non-hydrogen) atoms. The van der Waals surface area contributed by atoms with E-state index >= 15 is 4.79 Å². The number of fused-ring (bicyclic) bond motifs is 2. The van der Waals surface area contributed by atoms with Gasteiger partial charge in [-0.25, -0.2) is 0 Å². The first-order valence-corrected chi connectivity index (χ1v) is 17.4. The van der Waals surface area contributed by atoms with Gasteiger partial charge in [0.05, 0.1) is 24.0 Å². The molecule has 258 valence electrons. The number of amides is 3. The first-order chi connectivity index (χ1) is 23.7. The summed E-state index contributed by atoms with van der Waals surface area (Å²) in [5, 5.41) is 11.5. The van der Waals surface area contributed by atoms with E-state index in [1.54, 1.807) is 26.9 Å². The molecule has 9 heteroatoms. The number of nitrogens with zero attached hydrogens (tertiary/aromatic N) is 3. The normalized spacial score (nSPS) is 25.3. The van der Waals surface area contributed by atoms with E-state index in [9.17, 15) is 14.7 Å². The Hall–Kier alpha value is -4.47. The first-order valence-electron chi connectivity index (χ1n) is 17.4. The highest BCUT2D eigenvalue weighted by atomic mass is 16.5. The number of aliphatic hydroxyl groups excluding tert-OH is 1. The van der Waals surface area contributed by atoms with Gasteiger partial charge in [0.25, 0.3) is 5.91 Å². The zero-order chi connectivity index (χ0) is 34.8. The van der Waals surface area contributed by atoms with Crippen LogP contribution in [0.5, 0.6) is 5.75 Å². The van der Waals surface area contributed by atoms with Crippen molar-refractivity contribution in [2.75, 3.05) is 42.6 Å². The number of aliphatic hydroxyl groups is 1. The second-order valence-electron chi connectivity index (χ2n) is 13.5. The summed E-state index contributed by atoms with van der Waals surface area (Å²) in [5.41, 5.74) is -0.735. The summed E-state index contributed by atoms with van der Waals surface area (Å²) in [4.78, 5) is 49.5. The van der Waals surface area contributed by atoms with E-state index in [4.69, 9.17) is 9.47 Å². The second-order valence-corrected chi connectivity index (χ2v) is 13.5. The van der Waals surface area contributed by atoms with Crippen LogP contribution in [0.3, 0.4) is 0 Å². The van der Waals surface area contributed by atoms with Crippen molar-refractivity contribution in [3.8, 4) is 5.75 Å². The van der Waals surface area contributed by atoms with E-state index in [0.717, 1.165) is 10.8 Å². The molecule has 3 fully saturated rings. The highest BCUT2D eigenvalue weighted by Gasteiger charge is 2.78. The number of unbranched alkanes of at least 4 members (excludes halogenated alkanes) is 2. The molecule has 9 nitrogen and oxygen atoms in total. The van der Waals surface area contributed by atoms with Crippen molar-refractivity contribution in [3.63, 3.8) is 0 Å². The van der Waals surface area contributed by atoms with E-state index in [2.05, 4.69) is 13.2 Å². The van der Waals surface area contributed by atoms with E-state index in [-0.39, 0.29) is 37.4 Å². The summed E-state index contributed by atoms with van der Waals surface area (Å²) in [6.07, 6.45) is 6.30. The Morgan fingerprint density at radius 2 is 1.61 bits per heavy atom. The van der Waals surface area contributed by atoms with Crippen molar-refractivity contribution in [2.45, 2.75) is 63.2 Å². The summed E-state index contributed by atoms with van der Waals surface area (Å²) >= 11 is 0. The van der Waals surface area contributed by atoms with Crippen molar-refractivity contribution >= 4 is 39.9 Å². The van der Waals surface area contributed by atoms with Gasteiger partial charge in [0, 0.05) is 37.6 Å². The van der Waals surface area contributed by atoms with Crippen LogP contribution in [0.2, 0.25) is 0 Å². The Morgan fingerprint density at radius 1 is 0.939 bits per heavy atom. The molecule has 1 N–H and O–H groups in total. The lowest BCUT2D eigenvalue weighted by Crippen LogP contribution is -2.56. The lowest BCUT2D eigenvalue weighted by atomic mass is 9.66. The number of hydrogen-bond acceptors (Lipinski definition) is 6. The average molecular weight is 666 g/mol. The summed E-state index contributed by atoms with van der Waals surface area (Å²) < 4.78 is 12.6. The van der Waals surface area contributed by atoms with Crippen LogP contribution >= 0.6 is 0 Å².